The molecule has 89 heavy (non-hydrogen) atoms. The maximum atomic E-state index is 12.8. The lowest BCUT2D eigenvalue weighted by Gasteiger charge is -2.71. The summed E-state index contributed by atoms with van der Waals surface area (Å²) in [6, 6.07) is 0. The van der Waals surface area contributed by atoms with E-state index in [0.717, 1.165) is 95.5 Å². The highest BCUT2D eigenvalue weighted by Gasteiger charge is 2.88. The van der Waals surface area contributed by atoms with Crippen molar-refractivity contribution in [3.8, 4) is 0 Å². The van der Waals surface area contributed by atoms with E-state index in [1.165, 1.54) is 18.4 Å². The molecule has 9 aliphatic carbocycles. The molecule has 5 aliphatic heterocycles. The predicted octanol–water partition coefficient (Wildman–Crippen LogP) is 11.9. The van der Waals surface area contributed by atoms with Crippen LogP contribution in [0.25, 0.3) is 0 Å². The Kier molecular flexibility index (Phi) is 17.3. The lowest BCUT2D eigenvalue weighted by Crippen LogP contribution is -2.65. The summed E-state index contributed by atoms with van der Waals surface area (Å²) in [6.45, 7) is 25.8. The van der Waals surface area contributed by atoms with Crippen molar-refractivity contribution in [1.29, 1.82) is 0 Å². The number of fused-ring (bicyclic) bond motifs is 9. The number of carbonyl (C=O) groups excluding carboxylic acids is 1. The van der Waals surface area contributed by atoms with Crippen molar-refractivity contribution >= 4 is 11.9 Å². The summed E-state index contributed by atoms with van der Waals surface area (Å²) < 4.78 is 54.1. The minimum Gasteiger partial charge on any atom is -0.481 e. The van der Waals surface area contributed by atoms with Crippen molar-refractivity contribution in [3.05, 3.63) is 23.3 Å². The molecule has 14 rings (SSSR count). The third kappa shape index (κ3) is 9.91. The van der Waals surface area contributed by atoms with E-state index in [0.29, 0.717) is 41.9 Å². The van der Waals surface area contributed by atoms with Gasteiger partial charge in [0.05, 0.1) is 54.2 Å². The summed E-state index contributed by atoms with van der Waals surface area (Å²) in [7, 11) is 0. The molecule has 18 heteroatoms. The zero-order valence-corrected chi connectivity index (χ0v) is 54.7. The molecule has 7 N–H and O–H groups in total. The first-order valence-electron chi connectivity index (χ1n) is 34.5. The van der Waals surface area contributed by atoms with Crippen LogP contribution in [0.2, 0.25) is 0 Å². The van der Waals surface area contributed by atoms with Crippen LogP contribution in [-0.4, -0.2) is 158 Å². The van der Waals surface area contributed by atoms with Crippen molar-refractivity contribution < 1.29 is 101 Å². The molecule has 0 bridgehead atoms. The van der Waals surface area contributed by atoms with Gasteiger partial charge >= 0.3 is 11.9 Å². The number of carboxylic acid groups (broad SMARTS) is 1. The Morgan fingerprint density at radius 3 is 1.99 bits per heavy atom. The van der Waals surface area contributed by atoms with E-state index in [4.69, 9.17) is 42.6 Å². The van der Waals surface area contributed by atoms with E-state index in [1.807, 2.05) is 0 Å². The summed E-state index contributed by atoms with van der Waals surface area (Å²) in [6.07, 6.45) is 10.6. The molecule has 0 amide bonds. The van der Waals surface area contributed by atoms with Gasteiger partial charge in [-0.15, -0.1) is 0 Å². The number of aliphatic carboxylic acids is 1. The van der Waals surface area contributed by atoms with Crippen LogP contribution in [0.5, 0.6) is 0 Å². The van der Waals surface area contributed by atoms with Gasteiger partial charge < -0.3 is 73.6 Å². The maximum Gasteiger partial charge on any atom is 0.331 e. The summed E-state index contributed by atoms with van der Waals surface area (Å²) >= 11 is 0. The number of hydrogen-bond acceptors (Lipinski definition) is 17. The average molecular weight is 1270 g/mol. The fourth-order valence-electron chi connectivity index (χ4n) is 23.9. The van der Waals surface area contributed by atoms with Crippen molar-refractivity contribution in [1.82, 2.24) is 0 Å². The van der Waals surface area contributed by atoms with Gasteiger partial charge in [-0.2, -0.15) is 0 Å². The average Bonchev–Trinajstić information content (AvgIpc) is 1.44. The molecule has 0 aromatic rings. The smallest absolute Gasteiger partial charge is 0.331 e. The van der Waals surface area contributed by atoms with Crippen molar-refractivity contribution in [2.75, 3.05) is 6.61 Å². The molecule has 8 saturated carbocycles. The van der Waals surface area contributed by atoms with E-state index < -0.39 is 91.7 Å². The van der Waals surface area contributed by atoms with Gasteiger partial charge in [-0.05, 0) is 198 Å². The Morgan fingerprint density at radius 1 is 0.629 bits per heavy atom. The Labute approximate surface area is 542 Å². The number of cyclic esters (lactones) is 1. The normalized spacial score (nSPS) is 56.0. The Bertz CT molecular complexity index is 2750. The van der Waals surface area contributed by atoms with E-state index in [1.54, 1.807) is 26.8 Å². The number of epoxide rings is 1. The summed E-state index contributed by atoms with van der Waals surface area (Å²) in [5, 5.41) is 75.0. The van der Waals surface area contributed by atoms with Crippen LogP contribution in [-0.2, 0) is 52.2 Å². The van der Waals surface area contributed by atoms with Crippen molar-refractivity contribution in [3.63, 3.8) is 0 Å². The van der Waals surface area contributed by atoms with Gasteiger partial charge in [-0.1, -0.05) is 81.4 Å². The molecule has 0 aromatic carbocycles. The van der Waals surface area contributed by atoms with E-state index in [9.17, 15) is 45.3 Å². The van der Waals surface area contributed by atoms with Crippen LogP contribution in [0.3, 0.4) is 0 Å². The molecular weight excluding hydrogens is 1140 g/mol. The zero-order valence-electron chi connectivity index (χ0n) is 54.7. The van der Waals surface area contributed by atoms with Crippen LogP contribution in [0.1, 0.15) is 225 Å². The van der Waals surface area contributed by atoms with Gasteiger partial charge in [0, 0.05) is 49.5 Å². The first-order chi connectivity index (χ1) is 41.3. The second-order valence-electron chi connectivity index (χ2n) is 33.2. The van der Waals surface area contributed by atoms with Crippen molar-refractivity contribution in [2.24, 2.45) is 85.2 Å². The molecule has 14 unspecified atom stereocenters. The second kappa shape index (κ2) is 23.0. The molecule has 14 aliphatic rings. The minimum absolute atomic E-state index is 0. The topological polar surface area (TPSA) is 262 Å². The van der Waals surface area contributed by atoms with Gasteiger partial charge in [0.2, 0.25) is 0 Å². The fraction of sp³-hybridized carbons (Fsp3) is 0.915. The SMILES string of the molecule is C.CC1OC(O[C@H]2C(C)OC(O[C@@H]3C(O)C[C@@H](OC4CC[C@@]5(C)C6CC[C@]7(C)C(C8=CC(=O)OC8)C(O)C[C@]78OC68CC[C@H]5C4)OC3C)OC2O)CC(O)C1O.C[C@H]1[C@H](C)CC[C@]2(C(=O)O)CC[C@]3(C)C(=CC[C@@H]4[C@@]5(C)CC[C@H](O)C(C)(C)[C@@H]5CC[C@]43C)[C@@H]12.[HH].[HH].[HH].[HH].[HH].[HH].[HH].[HH].[HH]. The number of esters is 1. The Balaban J connectivity index is 0.000000509. The number of rotatable bonds is 8. The molecule has 12 fully saturated rings. The maximum absolute atomic E-state index is 12.8. The first-order valence-corrected chi connectivity index (χ1v) is 34.5. The number of carbonyl (C=O) groups is 2. The molecule has 522 valence electrons. The highest BCUT2D eigenvalue weighted by molar-refractivity contribution is 5.85. The lowest BCUT2D eigenvalue weighted by atomic mass is 9.33. The van der Waals surface area contributed by atoms with E-state index in [-0.39, 0.29) is 113 Å². The third-order valence-corrected chi connectivity index (χ3v) is 29.2. The predicted molar refractivity (Wildman–Crippen MR) is 346 cm³/mol. The third-order valence-electron chi connectivity index (χ3n) is 29.2. The Hall–Kier alpha value is -2.14. The molecule has 2 spiro atoms. The summed E-state index contributed by atoms with van der Waals surface area (Å²) in [5.74, 6) is 2.22. The van der Waals surface area contributed by atoms with Gasteiger partial charge in [0.25, 0.3) is 6.48 Å². The lowest BCUT2D eigenvalue weighted by molar-refractivity contribution is -0.437. The quantitative estimate of drug-likeness (QED) is 0.0515. The molecule has 18 nitrogen and oxygen atoms in total. The van der Waals surface area contributed by atoms with Crippen LogP contribution >= 0.6 is 0 Å². The standard InChI is InChI=1S/C40H60O15.C30H48O3.CH4.9H2/c1-18-32(45)24(41)14-30(48-18)52-34-20(3)50-36(54-35(34)46)53-33-19(2)49-29(15-25(33)42)51-23-7-9-37(4)22(13-23)6-11-39-27(37)8-10-38(5)31(21-12-28(44)47-17-21)26(43)16-40(38,39)55-39;1-18-10-15-30(25(32)33)17-16-28(6)20(24(30)19(18)2)8-9-22-27(5)13-12-23(31)26(3,4)21(27)11-14-29(22,28)7;;;;;;;;;;/h12,18-20,22-27,29-36,41-43,45-46H,6-11,13-17H2,1-5H3;8,18-19,21-24,31H,9-17H2,1-7H3,(H,32,33);1H4;9*1H/t18?,19?,20?,22-,23?,24?,25?,26?,27?,29+,30?,31?,32?,33-,34-,35?,36?,37+,38+,39?,40-;18-,19+,21+,22-,23+,24-,27+,28-,29-,30+;;;;;;;;;;/m01........../s1. The highest BCUT2D eigenvalue weighted by Crippen LogP contribution is 2.82. The largest absolute Gasteiger partial charge is 0.481 e. The second-order valence-corrected chi connectivity index (χ2v) is 33.2. The number of allylic oxidation sites excluding steroid dienone is 2. The number of aliphatic hydroxyl groups excluding tert-OH is 6. The summed E-state index contributed by atoms with van der Waals surface area (Å²) in [5.41, 5.74) is 1.58. The number of aliphatic hydroxyl groups is 6. The zero-order chi connectivity index (χ0) is 63.0. The fourth-order valence-corrected chi connectivity index (χ4v) is 23.9. The molecule has 4 saturated heterocycles. The number of ether oxygens (including phenoxy) is 9. The highest BCUT2D eigenvalue weighted by atomic mass is 16.9. The van der Waals surface area contributed by atoms with Gasteiger partial charge in [0.15, 0.2) is 18.9 Å². The molecular formula is C71H130O18. The van der Waals surface area contributed by atoms with Crippen LogP contribution in [0, 0.1) is 85.2 Å². The molecule has 31 atom stereocenters. The van der Waals surface area contributed by atoms with Gasteiger partial charge in [-0.25, -0.2) is 4.79 Å². The number of carboxylic acids is 1. The summed E-state index contributed by atoms with van der Waals surface area (Å²) in [4.78, 5) is 24.8. The van der Waals surface area contributed by atoms with Crippen LogP contribution in [0.15, 0.2) is 23.3 Å². The molecule has 5 heterocycles. The van der Waals surface area contributed by atoms with Crippen molar-refractivity contribution in [2.45, 2.75) is 316 Å². The van der Waals surface area contributed by atoms with Crippen LogP contribution < -0.4 is 0 Å². The van der Waals surface area contributed by atoms with Gasteiger partial charge in [0.1, 0.15) is 36.1 Å². The van der Waals surface area contributed by atoms with Crippen LogP contribution in [0.4, 0.5) is 0 Å². The van der Waals surface area contributed by atoms with E-state index in [2.05, 4.69) is 68.4 Å². The molecule has 0 radical (unpaired) electrons. The number of hydrogen-bond donors (Lipinski definition) is 7. The minimum atomic E-state index is -1.44. The monoisotopic (exact) mass is 1270 g/mol. The van der Waals surface area contributed by atoms with Gasteiger partial charge in [-0.3, -0.25) is 9.53 Å². The Morgan fingerprint density at radius 2 is 1.30 bits per heavy atom. The molecule has 0 aromatic heterocycles. The first kappa shape index (κ1) is 66.9. The van der Waals surface area contributed by atoms with E-state index >= 15 is 0 Å².